The molecule has 4 aromatic rings. The number of carbonyl (C=O) groups excluding carboxylic acids is 1. The molecule has 0 bridgehead atoms. The zero-order valence-electron chi connectivity index (χ0n) is 14.1. The lowest BCUT2D eigenvalue weighted by Crippen LogP contribution is -2.02. The average molecular weight is 325 g/mol. The molecule has 1 N–H and O–H groups in total. The van der Waals surface area contributed by atoms with E-state index in [9.17, 15) is 4.79 Å². The normalized spacial score (nSPS) is 12.2. The molecule has 1 aromatic heterocycles. The molecule has 25 heavy (non-hydrogen) atoms. The van der Waals surface area contributed by atoms with Gasteiger partial charge in [-0.25, -0.2) is 0 Å². The summed E-state index contributed by atoms with van der Waals surface area (Å²) in [5.74, 6) is 0.304. The monoisotopic (exact) mass is 325 g/mol. The van der Waals surface area contributed by atoms with E-state index in [-0.39, 0.29) is 11.7 Å². The highest BCUT2D eigenvalue weighted by Crippen LogP contribution is 2.27. The van der Waals surface area contributed by atoms with E-state index in [0.717, 1.165) is 16.6 Å². The molecule has 0 aliphatic rings. The van der Waals surface area contributed by atoms with Gasteiger partial charge < -0.3 is 4.98 Å². The number of hydrogen-bond donors (Lipinski definition) is 1. The summed E-state index contributed by atoms with van der Waals surface area (Å²) < 4.78 is 0. The summed E-state index contributed by atoms with van der Waals surface area (Å²) in [6.07, 6.45) is 0. The predicted molar refractivity (Wildman–Crippen MR) is 102 cm³/mol. The van der Waals surface area contributed by atoms with E-state index in [1.807, 2.05) is 60.7 Å². The van der Waals surface area contributed by atoms with E-state index in [0.29, 0.717) is 0 Å². The van der Waals surface area contributed by atoms with Gasteiger partial charge >= 0.3 is 0 Å². The van der Waals surface area contributed by atoms with Crippen LogP contribution >= 0.6 is 0 Å². The smallest absolute Gasteiger partial charge is 0.193 e. The number of para-hydroxylation sites is 1. The number of fused-ring (bicyclic) bond motifs is 1. The molecule has 0 saturated heterocycles. The Kier molecular flexibility index (Phi) is 3.95. The molecule has 0 amide bonds. The quantitative estimate of drug-likeness (QED) is 0.490. The lowest BCUT2D eigenvalue weighted by atomic mass is 9.95. The molecular weight excluding hydrogens is 306 g/mol. The third kappa shape index (κ3) is 2.99. The average Bonchev–Trinajstić information content (AvgIpc) is 3.12. The molecular formula is C23H19NO. The second-order valence-electron chi connectivity index (χ2n) is 6.35. The highest BCUT2D eigenvalue weighted by Gasteiger charge is 2.13. The Morgan fingerprint density at radius 2 is 1.44 bits per heavy atom. The molecule has 3 aromatic carbocycles. The maximum Gasteiger partial charge on any atom is 0.193 e. The van der Waals surface area contributed by atoms with Crippen LogP contribution < -0.4 is 0 Å². The Hall–Kier alpha value is -3.13. The molecule has 4 rings (SSSR count). The first kappa shape index (κ1) is 15.4. The van der Waals surface area contributed by atoms with E-state index < -0.39 is 0 Å². The summed E-state index contributed by atoms with van der Waals surface area (Å²) in [6, 6.07) is 27.8. The van der Waals surface area contributed by atoms with Crippen LogP contribution in [0, 0.1) is 0 Å². The Morgan fingerprint density at radius 3 is 2.16 bits per heavy atom. The highest BCUT2D eigenvalue weighted by atomic mass is 16.1. The van der Waals surface area contributed by atoms with Crippen molar-refractivity contribution in [3.8, 4) is 0 Å². The van der Waals surface area contributed by atoms with Crippen LogP contribution in [0.15, 0.2) is 84.9 Å². The van der Waals surface area contributed by atoms with Gasteiger partial charge in [0.2, 0.25) is 0 Å². The van der Waals surface area contributed by atoms with Crippen molar-refractivity contribution in [3.63, 3.8) is 0 Å². The minimum Gasteiger partial charge on any atom is -0.358 e. The molecule has 2 nitrogen and oxygen atoms in total. The number of hydrogen-bond acceptors (Lipinski definition) is 1. The molecule has 0 aliphatic heterocycles. The maximum absolute atomic E-state index is 12.5. The fourth-order valence-corrected chi connectivity index (χ4v) is 3.19. The van der Waals surface area contributed by atoms with Crippen LogP contribution in [0.1, 0.15) is 40.0 Å². The fourth-order valence-electron chi connectivity index (χ4n) is 3.19. The van der Waals surface area contributed by atoms with Gasteiger partial charge in [-0.1, -0.05) is 79.7 Å². The van der Waals surface area contributed by atoms with E-state index >= 15 is 0 Å². The number of nitrogens with one attached hydrogen (secondary N) is 1. The standard InChI is InChI=1S/C23H19NO/c1-16(22-15-20-9-5-6-10-21(20)24-22)17-11-13-19(14-12-17)23(25)18-7-3-2-4-8-18/h2-16,24H,1H3. The molecule has 2 heteroatoms. The zero-order valence-corrected chi connectivity index (χ0v) is 14.1. The number of aromatic amines is 1. The topological polar surface area (TPSA) is 32.9 Å². The Balaban J connectivity index is 1.60. The summed E-state index contributed by atoms with van der Waals surface area (Å²) >= 11 is 0. The van der Waals surface area contributed by atoms with Gasteiger partial charge in [-0.05, 0) is 23.1 Å². The van der Waals surface area contributed by atoms with Gasteiger partial charge in [0.1, 0.15) is 0 Å². The maximum atomic E-state index is 12.5. The van der Waals surface area contributed by atoms with Crippen molar-refractivity contribution >= 4 is 16.7 Å². The lowest BCUT2D eigenvalue weighted by Gasteiger charge is -2.11. The summed E-state index contributed by atoms with van der Waals surface area (Å²) in [6.45, 7) is 2.18. The SMILES string of the molecule is CC(c1ccc(C(=O)c2ccccc2)cc1)c1cc2ccccc2[nH]1. The van der Waals surface area contributed by atoms with Gasteiger partial charge in [0.15, 0.2) is 5.78 Å². The van der Waals surface area contributed by atoms with Gasteiger partial charge in [-0.15, -0.1) is 0 Å². The molecule has 122 valence electrons. The molecule has 0 spiro atoms. The van der Waals surface area contributed by atoms with Crippen molar-refractivity contribution < 1.29 is 4.79 Å². The first-order valence-electron chi connectivity index (χ1n) is 8.50. The number of H-pyrrole nitrogens is 1. The van der Waals surface area contributed by atoms with Crippen LogP contribution in [0.25, 0.3) is 10.9 Å². The first-order chi connectivity index (χ1) is 12.2. The molecule has 1 unspecified atom stereocenters. The van der Waals surface area contributed by atoms with E-state index in [1.54, 1.807) is 0 Å². The number of benzene rings is 3. The zero-order chi connectivity index (χ0) is 17.2. The van der Waals surface area contributed by atoms with Gasteiger partial charge in [0, 0.05) is 28.3 Å². The minimum atomic E-state index is 0.0606. The Labute approximate surface area is 147 Å². The van der Waals surface area contributed by atoms with Gasteiger partial charge in [0.05, 0.1) is 0 Å². The molecule has 0 radical (unpaired) electrons. The predicted octanol–water partition coefficient (Wildman–Crippen LogP) is 5.55. The second kappa shape index (κ2) is 6.40. The van der Waals surface area contributed by atoms with Crippen LogP contribution in [0.5, 0.6) is 0 Å². The Bertz CT molecular complexity index is 980. The third-order valence-corrected chi connectivity index (χ3v) is 4.73. The second-order valence-corrected chi connectivity index (χ2v) is 6.35. The van der Waals surface area contributed by atoms with Crippen molar-refractivity contribution in [2.24, 2.45) is 0 Å². The van der Waals surface area contributed by atoms with Crippen LogP contribution in [0.2, 0.25) is 0 Å². The van der Waals surface area contributed by atoms with E-state index in [2.05, 4.69) is 36.2 Å². The van der Waals surface area contributed by atoms with Gasteiger partial charge in [-0.3, -0.25) is 4.79 Å². The molecule has 0 fully saturated rings. The van der Waals surface area contributed by atoms with Crippen molar-refractivity contribution in [2.45, 2.75) is 12.8 Å². The first-order valence-corrected chi connectivity index (χ1v) is 8.50. The third-order valence-electron chi connectivity index (χ3n) is 4.73. The van der Waals surface area contributed by atoms with Crippen molar-refractivity contribution in [2.75, 3.05) is 0 Å². The Morgan fingerprint density at radius 1 is 0.800 bits per heavy atom. The highest BCUT2D eigenvalue weighted by molar-refractivity contribution is 6.08. The van der Waals surface area contributed by atoms with Gasteiger partial charge in [-0.2, -0.15) is 0 Å². The van der Waals surface area contributed by atoms with Crippen molar-refractivity contribution in [3.05, 3.63) is 107 Å². The summed E-state index contributed by atoms with van der Waals surface area (Å²) in [5, 5.41) is 1.22. The molecule has 0 aliphatic carbocycles. The summed E-state index contributed by atoms with van der Waals surface area (Å²) in [4.78, 5) is 16.0. The minimum absolute atomic E-state index is 0.0606. The lowest BCUT2D eigenvalue weighted by molar-refractivity contribution is 0.103. The van der Waals surface area contributed by atoms with Crippen LogP contribution in [-0.2, 0) is 0 Å². The molecule has 1 heterocycles. The molecule has 1 atom stereocenters. The number of ketones is 1. The van der Waals surface area contributed by atoms with E-state index in [1.165, 1.54) is 16.6 Å². The number of aromatic nitrogens is 1. The number of carbonyl (C=O) groups is 1. The van der Waals surface area contributed by atoms with E-state index in [4.69, 9.17) is 0 Å². The fraction of sp³-hybridized carbons (Fsp3) is 0.0870. The van der Waals surface area contributed by atoms with Crippen molar-refractivity contribution in [1.82, 2.24) is 4.98 Å². The van der Waals surface area contributed by atoms with Gasteiger partial charge in [0.25, 0.3) is 0 Å². The van der Waals surface area contributed by atoms with Crippen molar-refractivity contribution in [1.29, 1.82) is 0 Å². The van der Waals surface area contributed by atoms with Crippen LogP contribution in [0.4, 0.5) is 0 Å². The largest absolute Gasteiger partial charge is 0.358 e. The number of rotatable bonds is 4. The molecule has 0 saturated carbocycles. The summed E-state index contributed by atoms with van der Waals surface area (Å²) in [5.41, 5.74) is 4.97. The van der Waals surface area contributed by atoms with Crippen LogP contribution in [0.3, 0.4) is 0 Å². The van der Waals surface area contributed by atoms with Crippen LogP contribution in [-0.4, -0.2) is 10.8 Å². The summed E-state index contributed by atoms with van der Waals surface area (Å²) in [7, 11) is 0.